The van der Waals surface area contributed by atoms with Gasteiger partial charge in [0, 0.05) is 6.42 Å². The van der Waals surface area contributed by atoms with E-state index in [2.05, 4.69) is 15.3 Å². The van der Waals surface area contributed by atoms with Crippen LogP contribution in [0.15, 0.2) is 41.5 Å². The molecule has 1 aromatic carbocycles. The van der Waals surface area contributed by atoms with Gasteiger partial charge in [-0.1, -0.05) is 35.5 Å². The number of carbonyl (C=O) groups excluding carboxylic acids is 2. The predicted octanol–water partition coefficient (Wildman–Crippen LogP) is 0.201. The van der Waals surface area contributed by atoms with Crippen LogP contribution in [0.5, 0.6) is 0 Å². The fourth-order valence-corrected chi connectivity index (χ4v) is 1.69. The molecule has 0 aliphatic rings. The number of aromatic nitrogens is 3. The molecule has 0 bridgehead atoms. The van der Waals surface area contributed by atoms with Crippen molar-refractivity contribution in [3.63, 3.8) is 0 Å². The summed E-state index contributed by atoms with van der Waals surface area (Å²) in [6, 6.07) is 9.06. The van der Waals surface area contributed by atoms with Crippen molar-refractivity contribution >= 4 is 18.2 Å². The first-order valence-corrected chi connectivity index (χ1v) is 5.41. The molecule has 0 unspecified atom stereocenters. The van der Waals surface area contributed by atoms with Crippen LogP contribution in [0.2, 0.25) is 0 Å². The number of benzene rings is 1. The molecular formula is C12H10N5O2. The fourth-order valence-electron chi connectivity index (χ4n) is 1.69. The van der Waals surface area contributed by atoms with Crippen LogP contribution in [0.1, 0.15) is 5.56 Å². The highest BCUT2D eigenvalue weighted by atomic mass is 16.1. The van der Waals surface area contributed by atoms with Crippen molar-refractivity contribution in [1.29, 1.82) is 0 Å². The Hall–Kier alpha value is -2.79. The van der Waals surface area contributed by atoms with E-state index in [1.165, 1.54) is 12.3 Å². The number of rotatable bonds is 5. The third-order valence-corrected chi connectivity index (χ3v) is 2.58. The number of hydrogen-bond acceptors (Lipinski definition) is 6. The highest BCUT2D eigenvalue weighted by Gasteiger charge is 2.35. The molecule has 0 saturated carbocycles. The summed E-state index contributed by atoms with van der Waals surface area (Å²) < 4.78 is 1.10. The van der Waals surface area contributed by atoms with Gasteiger partial charge in [-0.15, -0.1) is 5.10 Å². The van der Waals surface area contributed by atoms with Gasteiger partial charge in [0.05, 0.1) is 6.20 Å². The van der Waals surface area contributed by atoms with Crippen molar-refractivity contribution in [2.24, 2.45) is 4.99 Å². The van der Waals surface area contributed by atoms with Gasteiger partial charge in [-0.25, -0.2) is 9.48 Å². The minimum absolute atomic E-state index is 0.107. The van der Waals surface area contributed by atoms with Gasteiger partial charge in [0.25, 0.3) is 6.29 Å². The van der Waals surface area contributed by atoms with Crippen molar-refractivity contribution in [1.82, 2.24) is 15.0 Å². The number of hydrogen-bond donors (Lipinski definition) is 1. The topological polar surface area (TPSA) is 103 Å². The van der Waals surface area contributed by atoms with Crippen molar-refractivity contribution < 1.29 is 9.59 Å². The van der Waals surface area contributed by atoms with Crippen molar-refractivity contribution in [2.45, 2.75) is 12.1 Å². The van der Waals surface area contributed by atoms with Crippen molar-refractivity contribution in [2.75, 3.05) is 5.73 Å². The van der Waals surface area contributed by atoms with Gasteiger partial charge in [-0.3, -0.25) is 4.79 Å². The minimum atomic E-state index is -1.63. The molecule has 7 nitrogen and oxygen atoms in total. The molecule has 19 heavy (non-hydrogen) atoms. The normalized spacial score (nSPS) is 13.3. The lowest BCUT2D eigenvalue weighted by Crippen LogP contribution is -2.36. The van der Waals surface area contributed by atoms with Crippen LogP contribution in [-0.2, 0) is 21.7 Å². The third-order valence-electron chi connectivity index (χ3n) is 2.58. The summed E-state index contributed by atoms with van der Waals surface area (Å²) in [7, 11) is 0. The molecule has 2 aromatic rings. The zero-order valence-electron chi connectivity index (χ0n) is 9.85. The predicted molar refractivity (Wildman–Crippen MR) is 66.4 cm³/mol. The summed E-state index contributed by atoms with van der Waals surface area (Å²) in [6.07, 6.45) is 4.51. The lowest BCUT2D eigenvalue weighted by Gasteiger charge is -2.20. The summed E-state index contributed by atoms with van der Waals surface area (Å²) in [5.74, 6) is 0.119. The van der Waals surface area contributed by atoms with E-state index >= 15 is 0 Å². The molecule has 1 aromatic heterocycles. The number of isocyanates is 1. The first-order chi connectivity index (χ1) is 9.20. The Kier molecular flexibility index (Phi) is 3.49. The maximum atomic E-state index is 11.3. The van der Waals surface area contributed by atoms with Gasteiger partial charge in [0.2, 0.25) is 11.7 Å². The van der Waals surface area contributed by atoms with Gasteiger partial charge >= 0.3 is 0 Å². The maximum Gasteiger partial charge on any atom is 0.254 e. The molecule has 1 heterocycles. The SMILES string of the molecule is Nc1cn([C@@]([C]=O)(Cc2ccccc2)N=C=O)nn1. The number of nitrogen functional groups attached to an aromatic ring is 1. The third kappa shape index (κ3) is 2.56. The van der Waals surface area contributed by atoms with E-state index in [-0.39, 0.29) is 12.2 Å². The summed E-state index contributed by atoms with van der Waals surface area (Å²) in [5, 5.41) is 7.26. The van der Waals surface area contributed by atoms with Crippen molar-refractivity contribution in [3.8, 4) is 0 Å². The van der Waals surface area contributed by atoms with Crippen LogP contribution in [0.25, 0.3) is 0 Å². The Morgan fingerprint density at radius 2 is 2.05 bits per heavy atom. The van der Waals surface area contributed by atoms with Crippen LogP contribution < -0.4 is 5.73 Å². The Morgan fingerprint density at radius 3 is 2.58 bits per heavy atom. The molecule has 0 spiro atoms. The quantitative estimate of drug-likeness (QED) is 0.608. The molecule has 95 valence electrons. The van der Waals surface area contributed by atoms with E-state index in [9.17, 15) is 9.59 Å². The van der Waals surface area contributed by atoms with Crippen LogP contribution in [0.3, 0.4) is 0 Å². The lowest BCUT2D eigenvalue weighted by molar-refractivity contribution is 0.344. The molecule has 7 heteroatoms. The molecule has 2 N–H and O–H groups in total. The number of anilines is 1. The van der Waals surface area contributed by atoms with Crippen molar-refractivity contribution in [3.05, 3.63) is 42.1 Å². The zero-order valence-corrected chi connectivity index (χ0v) is 9.85. The Bertz CT molecular complexity index is 618. The van der Waals surface area contributed by atoms with E-state index in [0.717, 1.165) is 10.2 Å². The summed E-state index contributed by atoms with van der Waals surface area (Å²) >= 11 is 0. The van der Waals surface area contributed by atoms with Gasteiger partial charge in [0.15, 0.2) is 5.82 Å². The lowest BCUT2D eigenvalue weighted by atomic mass is 10.0. The highest BCUT2D eigenvalue weighted by molar-refractivity contribution is 5.65. The van der Waals surface area contributed by atoms with Gasteiger partial charge in [-0.2, -0.15) is 4.99 Å². The van der Waals surface area contributed by atoms with E-state index in [4.69, 9.17) is 5.73 Å². The molecule has 0 amide bonds. The Labute approximate surface area is 108 Å². The monoisotopic (exact) mass is 256 g/mol. The average molecular weight is 256 g/mol. The Morgan fingerprint density at radius 1 is 1.32 bits per heavy atom. The van der Waals surface area contributed by atoms with Gasteiger partial charge in [0.1, 0.15) is 0 Å². The van der Waals surface area contributed by atoms with Crippen LogP contribution in [0.4, 0.5) is 5.82 Å². The largest absolute Gasteiger partial charge is 0.381 e. The van der Waals surface area contributed by atoms with E-state index in [1.807, 2.05) is 18.2 Å². The van der Waals surface area contributed by atoms with Gasteiger partial charge < -0.3 is 5.73 Å². The minimum Gasteiger partial charge on any atom is -0.381 e. The second kappa shape index (κ2) is 5.24. The first-order valence-electron chi connectivity index (χ1n) is 5.41. The summed E-state index contributed by atoms with van der Waals surface area (Å²) in [4.78, 5) is 25.4. The molecule has 1 radical (unpaired) electrons. The van der Waals surface area contributed by atoms with E-state index < -0.39 is 5.66 Å². The average Bonchev–Trinajstić information content (AvgIpc) is 2.86. The molecule has 0 fully saturated rings. The van der Waals surface area contributed by atoms with Crippen LogP contribution in [-0.4, -0.2) is 27.4 Å². The first kappa shape index (κ1) is 12.7. The van der Waals surface area contributed by atoms with Gasteiger partial charge in [-0.05, 0) is 5.56 Å². The standard InChI is InChI=1S/C12H10N5O2/c13-11-7-17(16-15-11)12(8-18,14-9-19)6-10-4-2-1-3-5-10/h1-5,7H,6,13H2/t12-/m1/s1. The summed E-state index contributed by atoms with van der Waals surface area (Å²) in [6.45, 7) is 0. The Balaban J connectivity index is 2.45. The number of nitrogens with two attached hydrogens (primary N) is 1. The molecular weight excluding hydrogens is 246 g/mol. The fraction of sp³-hybridized carbons (Fsp3) is 0.167. The highest BCUT2D eigenvalue weighted by Crippen LogP contribution is 2.21. The molecule has 0 aliphatic carbocycles. The second-order valence-corrected chi connectivity index (χ2v) is 3.87. The van der Waals surface area contributed by atoms with E-state index in [1.54, 1.807) is 18.4 Å². The molecule has 0 aliphatic heterocycles. The number of aliphatic imine (C=N–C) groups is 1. The van der Waals surface area contributed by atoms with Crippen LogP contribution in [0, 0.1) is 0 Å². The molecule has 0 saturated heterocycles. The van der Waals surface area contributed by atoms with Crippen LogP contribution >= 0.6 is 0 Å². The summed E-state index contributed by atoms with van der Waals surface area (Å²) in [5.41, 5.74) is 4.61. The smallest absolute Gasteiger partial charge is 0.254 e. The van der Waals surface area contributed by atoms with E-state index in [0.29, 0.717) is 0 Å². The zero-order chi connectivity index (χ0) is 13.7. The molecule has 1 atom stereocenters. The maximum absolute atomic E-state index is 11.3. The molecule has 2 rings (SSSR count). The number of nitrogens with zero attached hydrogens (tertiary/aromatic N) is 4. The second-order valence-electron chi connectivity index (χ2n) is 3.87.